The first-order valence-corrected chi connectivity index (χ1v) is 26.6. The predicted octanol–water partition coefficient (Wildman–Crippen LogP) is 14.4. The maximum atomic E-state index is 12.0. The number of hydrogen-bond donors (Lipinski definition) is 0. The predicted molar refractivity (Wildman–Crippen MR) is 250 cm³/mol. The Bertz CT molecular complexity index is 684. The van der Waals surface area contributed by atoms with Gasteiger partial charge < -0.3 is 9.90 Å². The van der Waals surface area contributed by atoms with Gasteiger partial charge >= 0.3 is 51.4 Å². The summed E-state index contributed by atoms with van der Waals surface area (Å²) >= 11 is 0. The largest absolute Gasteiger partial charge is 1.00 e. The van der Waals surface area contributed by atoms with E-state index in [4.69, 9.17) is 0 Å². The SMILES string of the molecule is CCCCCCCCCCCCCCCCCCCCCCCCN(CCCCCCCCCCCCCCCCCCCCCCCC)C(CCC)C(=O)[O-].[K+]. The summed E-state index contributed by atoms with van der Waals surface area (Å²) in [5.41, 5.74) is 0. The molecule has 0 aromatic carbocycles. The average Bonchev–Trinajstić information content (AvgIpc) is 3.20. The van der Waals surface area contributed by atoms with Crippen LogP contribution in [0.4, 0.5) is 0 Å². The van der Waals surface area contributed by atoms with Crippen LogP contribution in [0.15, 0.2) is 0 Å². The standard InChI is InChI=1S/C53H107NO2.K/c1-4-7-9-11-13-15-17-19-21-23-25-27-29-31-33-35-37-39-41-43-45-47-50-54(52(49-6-3)53(55)56)51-48-46-44-42-40-38-36-34-32-30-28-26-24-22-20-18-16-14-12-10-8-5-2;/h52H,4-51H2,1-3H3,(H,55,56);/q;+1/p-1. The van der Waals surface area contributed by atoms with E-state index in [9.17, 15) is 9.90 Å². The normalized spacial score (nSPS) is 12.1. The summed E-state index contributed by atoms with van der Waals surface area (Å²) < 4.78 is 0. The Kier molecular flexibility index (Phi) is 56.1. The van der Waals surface area contributed by atoms with Crippen LogP contribution in [-0.2, 0) is 4.79 Å². The third-order valence-electron chi connectivity index (χ3n) is 12.9. The summed E-state index contributed by atoms with van der Waals surface area (Å²) in [4.78, 5) is 14.3. The van der Waals surface area contributed by atoms with Gasteiger partial charge in [-0.3, -0.25) is 4.90 Å². The van der Waals surface area contributed by atoms with Crippen molar-refractivity contribution in [2.45, 2.75) is 322 Å². The van der Waals surface area contributed by atoms with E-state index in [0.717, 1.165) is 38.8 Å². The molecular weight excluding hydrogens is 722 g/mol. The monoisotopic (exact) mass is 828 g/mol. The molecule has 1 unspecified atom stereocenters. The van der Waals surface area contributed by atoms with E-state index in [1.807, 2.05) is 0 Å². The van der Waals surface area contributed by atoms with Gasteiger partial charge in [0.2, 0.25) is 0 Å². The van der Waals surface area contributed by atoms with Crippen molar-refractivity contribution in [3.63, 3.8) is 0 Å². The zero-order chi connectivity index (χ0) is 40.7. The first kappa shape index (κ1) is 60.2. The maximum absolute atomic E-state index is 12.0. The third-order valence-corrected chi connectivity index (χ3v) is 12.9. The molecule has 4 heteroatoms. The Morgan fingerprint density at radius 1 is 0.316 bits per heavy atom. The number of carboxylic acids is 1. The van der Waals surface area contributed by atoms with E-state index in [1.54, 1.807) is 0 Å². The fraction of sp³-hybridized carbons (Fsp3) is 0.981. The van der Waals surface area contributed by atoms with Crippen molar-refractivity contribution in [2.24, 2.45) is 0 Å². The van der Waals surface area contributed by atoms with Crippen molar-refractivity contribution >= 4 is 5.97 Å². The van der Waals surface area contributed by atoms with Crippen molar-refractivity contribution in [1.82, 2.24) is 4.90 Å². The van der Waals surface area contributed by atoms with Crippen LogP contribution in [0.5, 0.6) is 0 Å². The van der Waals surface area contributed by atoms with Gasteiger partial charge in [-0.25, -0.2) is 0 Å². The summed E-state index contributed by atoms with van der Waals surface area (Å²) in [6, 6.07) is -0.398. The molecule has 0 aliphatic rings. The van der Waals surface area contributed by atoms with Gasteiger partial charge in [0, 0.05) is 6.04 Å². The molecule has 0 heterocycles. The summed E-state index contributed by atoms with van der Waals surface area (Å²) in [7, 11) is 0. The molecule has 0 aliphatic carbocycles. The number of nitrogens with zero attached hydrogens (tertiary/aromatic N) is 1. The van der Waals surface area contributed by atoms with Crippen LogP contribution in [-0.4, -0.2) is 30.0 Å². The van der Waals surface area contributed by atoms with E-state index < -0.39 is 12.0 Å². The van der Waals surface area contributed by atoms with Crippen LogP contribution in [0.25, 0.3) is 0 Å². The molecule has 0 N–H and O–H groups in total. The van der Waals surface area contributed by atoms with E-state index in [0.29, 0.717) is 0 Å². The maximum Gasteiger partial charge on any atom is 1.00 e. The fourth-order valence-corrected chi connectivity index (χ4v) is 8.99. The molecule has 0 fully saturated rings. The number of carbonyl (C=O) groups excluding carboxylic acids is 1. The molecule has 3 nitrogen and oxygen atoms in total. The molecule has 0 saturated carbocycles. The van der Waals surface area contributed by atoms with Gasteiger partial charge in [-0.15, -0.1) is 0 Å². The number of rotatable bonds is 50. The van der Waals surface area contributed by atoms with Gasteiger partial charge in [0.25, 0.3) is 0 Å². The van der Waals surface area contributed by atoms with Gasteiger partial charge in [-0.05, 0) is 32.4 Å². The van der Waals surface area contributed by atoms with Crippen LogP contribution in [0, 0.1) is 0 Å². The minimum Gasteiger partial charge on any atom is -0.548 e. The van der Waals surface area contributed by atoms with E-state index in [-0.39, 0.29) is 51.4 Å². The Balaban J connectivity index is 0. The van der Waals surface area contributed by atoms with Crippen molar-refractivity contribution in [3.8, 4) is 0 Å². The summed E-state index contributed by atoms with van der Waals surface area (Å²) in [5.74, 6) is -0.857. The van der Waals surface area contributed by atoms with E-state index in [1.165, 1.54) is 270 Å². The second-order valence-corrected chi connectivity index (χ2v) is 18.5. The second-order valence-electron chi connectivity index (χ2n) is 18.5. The molecule has 0 bridgehead atoms. The molecule has 336 valence electrons. The van der Waals surface area contributed by atoms with Gasteiger partial charge in [0.15, 0.2) is 0 Å². The van der Waals surface area contributed by atoms with Gasteiger partial charge in [-0.1, -0.05) is 297 Å². The van der Waals surface area contributed by atoms with Gasteiger partial charge in [0.05, 0.1) is 5.97 Å². The second kappa shape index (κ2) is 53.2. The molecule has 0 spiro atoms. The van der Waals surface area contributed by atoms with Crippen molar-refractivity contribution in [1.29, 1.82) is 0 Å². The van der Waals surface area contributed by atoms with E-state index in [2.05, 4.69) is 25.7 Å². The minimum atomic E-state index is -0.857. The molecule has 0 aliphatic heterocycles. The third kappa shape index (κ3) is 48.0. The van der Waals surface area contributed by atoms with Crippen LogP contribution in [0.1, 0.15) is 316 Å². The fourth-order valence-electron chi connectivity index (χ4n) is 8.99. The van der Waals surface area contributed by atoms with Gasteiger partial charge in [0.1, 0.15) is 0 Å². The van der Waals surface area contributed by atoms with Crippen LogP contribution < -0.4 is 56.5 Å². The molecule has 0 aromatic heterocycles. The number of unbranched alkanes of at least 4 members (excludes halogenated alkanes) is 42. The van der Waals surface area contributed by atoms with Crippen LogP contribution in [0.3, 0.4) is 0 Å². The number of hydrogen-bond acceptors (Lipinski definition) is 3. The summed E-state index contributed by atoms with van der Waals surface area (Å²) in [6.07, 6.45) is 63.4. The summed E-state index contributed by atoms with van der Waals surface area (Å²) in [6.45, 7) is 8.56. The molecule has 0 aromatic rings. The molecule has 0 rings (SSSR count). The van der Waals surface area contributed by atoms with Gasteiger partial charge in [-0.2, -0.15) is 0 Å². The zero-order valence-corrected chi connectivity index (χ0v) is 43.4. The number of aliphatic carboxylic acids is 1. The summed E-state index contributed by atoms with van der Waals surface area (Å²) in [5, 5.41) is 12.0. The zero-order valence-electron chi connectivity index (χ0n) is 40.3. The average molecular weight is 829 g/mol. The number of carboxylic acid groups (broad SMARTS) is 1. The molecule has 0 radical (unpaired) electrons. The van der Waals surface area contributed by atoms with Crippen LogP contribution >= 0.6 is 0 Å². The first-order chi connectivity index (χ1) is 27.7. The molecular formula is C53H106KNO2. The topological polar surface area (TPSA) is 43.4 Å². The van der Waals surface area contributed by atoms with Crippen LogP contribution in [0.2, 0.25) is 0 Å². The van der Waals surface area contributed by atoms with Crippen molar-refractivity contribution < 1.29 is 61.3 Å². The number of carbonyl (C=O) groups is 1. The Labute approximate surface area is 403 Å². The minimum absolute atomic E-state index is 0. The Morgan fingerprint density at radius 2 is 0.491 bits per heavy atom. The molecule has 1 atom stereocenters. The quantitative estimate of drug-likeness (QED) is 0.0453. The first-order valence-electron chi connectivity index (χ1n) is 26.6. The van der Waals surface area contributed by atoms with Crippen molar-refractivity contribution in [3.05, 3.63) is 0 Å². The van der Waals surface area contributed by atoms with E-state index >= 15 is 0 Å². The molecule has 0 amide bonds. The smallest absolute Gasteiger partial charge is 0.548 e. The Morgan fingerprint density at radius 3 is 0.649 bits per heavy atom. The molecule has 0 saturated heterocycles. The van der Waals surface area contributed by atoms with Crippen molar-refractivity contribution in [2.75, 3.05) is 13.1 Å². The molecule has 57 heavy (non-hydrogen) atoms. The Hall–Kier alpha value is 1.07.